The zero-order valence-electron chi connectivity index (χ0n) is 22.0. The van der Waals surface area contributed by atoms with Crippen LogP contribution in [-0.2, 0) is 37.6 Å². The van der Waals surface area contributed by atoms with Gasteiger partial charge in [0.05, 0.1) is 17.1 Å². The van der Waals surface area contributed by atoms with Crippen molar-refractivity contribution in [3.63, 3.8) is 0 Å². The molecule has 2 saturated heterocycles. The van der Waals surface area contributed by atoms with E-state index in [1.807, 2.05) is 0 Å². The fourth-order valence-corrected chi connectivity index (χ4v) is 7.76. The van der Waals surface area contributed by atoms with Crippen LogP contribution in [0.4, 0.5) is 0 Å². The number of aromatic nitrogens is 1. The maximum Gasteiger partial charge on any atom is 0.244 e. The number of aliphatic hydroxyl groups is 1. The highest BCUT2D eigenvalue weighted by Gasteiger charge is 2.44. The van der Waals surface area contributed by atoms with Gasteiger partial charge in [-0.3, -0.25) is 4.98 Å². The van der Waals surface area contributed by atoms with E-state index < -0.39 is 26.2 Å². The number of aryl methyl sites for hydroxylation is 2. The van der Waals surface area contributed by atoms with Crippen molar-refractivity contribution in [1.82, 2.24) is 19.3 Å². The van der Waals surface area contributed by atoms with Crippen LogP contribution in [0.5, 0.6) is 5.75 Å². The molecule has 0 unspecified atom stereocenters. The molecule has 2 fully saturated rings. The molecule has 0 amide bonds. The SMILES string of the molecule is CNS(=O)(=O)c1cccc(OC[C@@H](O)CN[C@H]2COC3(CCN(S(=O)(=O)c4cnc5c(c4)CCC5)CC3)C2)c1. The van der Waals surface area contributed by atoms with Crippen LogP contribution in [0.1, 0.15) is 36.9 Å². The van der Waals surface area contributed by atoms with Crippen LogP contribution in [0.15, 0.2) is 46.3 Å². The van der Waals surface area contributed by atoms with Crippen molar-refractivity contribution in [3.05, 3.63) is 47.8 Å². The van der Waals surface area contributed by atoms with Crippen molar-refractivity contribution in [1.29, 1.82) is 0 Å². The Balaban J connectivity index is 1.08. The number of hydrogen-bond acceptors (Lipinski definition) is 9. The van der Waals surface area contributed by atoms with Crippen LogP contribution in [0.3, 0.4) is 0 Å². The molecule has 3 heterocycles. The van der Waals surface area contributed by atoms with Gasteiger partial charge in [0, 0.05) is 43.6 Å². The van der Waals surface area contributed by atoms with E-state index in [1.54, 1.807) is 22.5 Å². The number of fused-ring (bicyclic) bond motifs is 1. The fraction of sp³-hybridized carbons (Fsp3) is 0.577. The van der Waals surface area contributed by atoms with Gasteiger partial charge < -0.3 is 19.9 Å². The van der Waals surface area contributed by atoms with Crippen LogP contribution < -0.4 is 14.8 Å². The lowest BCUT2D eigenvalue weighted by Crippen LogP contribution is -2.47. The second kappa shape index (κ2) is 11.4. The maximum atomic E-state index is 13.2. The second-order valence-electron chi connectivity index (χ2n) is 10.5. The second-order valence-corrected chi connectivity index (χ2v) is 14.3. The molecule has 0 saturated carbocycles. The standard InChI is InChI=1S/C26H36N4O7S2/c1-27-38(32,33)23-6-3-5-22(13-23)36-18-21(31)15-28-20-14-26(37-17-20)8-10-30(11-9-26)39(34,35)24-12-19-4-2-7-25(19)29-16-24/h3,5-6,12-13,16,20-21,27-28,31H,2,4,7-11,14-15,17-18H2,1H3/t20-,21+/m1/s1. The highest BCUT2D eigenvalue weighted by Crippen LogP contribution is 2.37. The number of nitrogens with one attached hydrogen (secondary N) is 2. The highest BCUT2D eigenvalue weighted by atomic mass is 32.2. The predicted octanol–water partition coefficient (Wildman–Crippen LogP) is 0.820. The quantitative estimate of drug-likeness (QED) is 0.372. The Morgan fingerprint density at radius 2 is 1.97 bits per heavy atom. The first-order valence-corrected chi connectivity index (χ1v) is 16.2. The van der Waals surface area contributed by atoms with Crippen LogP contribution in [0, 0.1) is 0 Å². The molecule has 214 valence electrons. The zero-order chi connectivity index (χ0) is 27.7. The van der Waals surface area contributed by atoms with Crippen LogP contribution >= 0.6 is 0 Å². The summed E-state index contributed by atoms with van der Waals surface area (Å²) in [4.78, 5) is 4.75. The molecule has 13 heteroatoms. The molecule has 2 atom stereocenters. The number of sulfonamides is 2. The number of ether oxygens (including phenoxy) is 2. The van der Waals surface area contributed by atoms with Crippen molar-refractivity contribution in [2.75, 3.05) is 39.9 Å². The van der Waals surface area contributed by atoms with Crippen molar-refractivity contribution in [3.8, 4) is 5.75 Å². The minimum Gasteiger partial charge on any atom is -0.491 e. The molecule has 2 aromatic rings. The largest absolute Gasteiger partial charge is 0.491 e. The summed E-state index contributed by atoms with van der Waals surface area (Å²) >= 11 is 0. The summed E-state index contributed by atoms with van der Waals surface area (Å²) in [6.45, 7) is 1.55. The first-order chi connectivity index (χ1) is 18.6. The van der Waals surface area contributed by atoms with Gasteiger partial charge in [0.1, 0.15) is 23.4 Å². The summed E-state index contributed by atoms with van der Waals surface area (Å²) in [5.74, 6) is 0.353. The summed E-state index contributed by atoms with van der Waals surface area (Å²) < 4.78 is 66.0. The Bertz CT molecular complexity index is 1390. The lowest BCUT2D eigenvalue weighted by Gasteiger charge is -2.38. The van der Waals surface area contributed by atoms with Crippen molar-refractivity contribution in [2.45, 2.75) is 66.1 Å². The van der Waals surface area contributed by atoms with Gasteiger partial charge >= 0.3 is 0 Å². The van der Waals surface area contributed by atoms with E-state index in [4.69, 9.17) is 9.47 Å². The Morgan fingerprint density at radius 1 is 1.18 bits per heavy atom. The Morgan fingerprint density at radius 3 is 2.74 bits per heavy atom. The van der Waals surface area contributed by atoms with Crippen molar-refractivity contribution < 1.29 is 31.4 Å². The molecule has 1 aliphatic carbocycles. The zero-order valence-corrected chi connectivity index (χ0v) is 23.6. The molecule has 1 spiro atoms. The molecule has 2 aliphatic heterocycles. The van der Waals surface area contributed by atoms with Crippen molar-refractivity contribution in [2.24, 2.45) is 0 Å². The van der Waals surface area contributed by atoms with E-state index >= 15 is 0 Å². The number of nitrogens with zero attached hydrogens (tertiary/aromatic N) is 2. The van der Waals surface area contributed by atoms with Gasteiger partial charge in [-0.15, -0.1) is 0 Å². The molecule has 11 nitrogen and oxygen atoms in total. The molecule has 0 radical (unpaired) electrons. The number of pyridine rings is 1. The van der Waals surface area contributed by atoms with E-state index in [0.29, 0.717) is 38.3 Å². The van der Waals surface area contributed by atoms with Gasteiger partial charge in [-0.25, -0.2) is 21.6 Å². The van der Waals surface area contributed by atoms with Gasteiger partial charge in [-0.2, -0.15) is 4.31 Å². The Kier molecular flexibility index (Phi) is 8.30. The number of aliphatic hydroxyl groups excluding tert-OH is 1. The molecule has 1 aromatic heterocycles. The third-order valence-electron chi connectivity index (χ3n) is 7.84. The number of piperidine rings is 1. The van der Waals surface area contributed by atoms with Crippen LogP contribution in [-0.4, -0.2) is 88.9 Å². The first-order valence-electron chi connectivity index (χ1n) is 13.3. The fourth-order valence-electron chi connectivity index (χ4n) is 5.56. The van der Waals surface area contributed by atoms with Crippen LogP contribution in [0.25, 0.3) is 0 Å². The molecule has 1 aromatic carbocycles. The van der Waals surface area contributed by atoms with Crippen LogP contribution in [0.2, 0.25) is 0 Å². The van der Waals surface area contributed by atoms with E-state index in [9.17, 15) is 21.9 Å². The summed E-state index contributed by atoms with van der Waals surface area (Å²) in [7, 11) is -5.83. The Labute approximate surface area is 230 Å². The summed E-state index contributed by atoms with van der Waals surface area (Å²) in [6.07, 6.45) is 5.46. The lowest BCUT2D eigenvalue weighted by atomic mass is 9.88. The van der Waals surface area contributed by atoms with Crippen molar-refractivity contribution >= 4 is 20.0 Å². The van der Waals surface area contributed by atoms with Gasteiger partial charge in [0.2, 0.25) is 20.0 Å². The molecule has 39 heavy (non-hydrogen) atoms. The molecule has 0 bridgehead atoms. The summed E-state index contributed by atoms with van der Waals surface area (Å²) in [5, 5.41) is 13.7. The van der Waals surface area contributed by atoms with Gasteiger partial charge in [-0.05, 0) is 69.3 Å². The number of rotatable bonds is 10. The lowest BCUT2D eigenvalue weighted by molar-refractivity contribution is -0.0312. The Hall–Kier alpha value is -2.13. The average Bonchev–Trinajstić information content (AvgIpc) is 3.58. The number of benzene rings is 1. The first kappa shape index (κ1) is 28.4. The molecular formula is C26H36N4O7S2. The monoisotopic (exact) mass is 580 g/mol. The minimum absolute atomic E-state index is 0.000848. The third kappa shape index (κ3) is 6.29. The van der Waals surface area contributed by atoms with Gasteiger partial charge in [0.15, 0.2) is 0 Å². The third-order valence-corrected chi connectivity index (χ3v) is 11.1. The smallest absolute Gasteiger partial charge is 0.244 e. The van der Waals surface area contributed by atoms with E-state index in [-0.39, 0.29) is 34.6 Å². The van der Waals surface area contributed by atoms with Gasteiger partial charge in [-0.1, -0.05) is 6.07 Å². The normalized spacial score (nSPS) is 22.2. The maximum absolute atomic E-state index is 13.2. The predicted molar refractivity (Wildman–Crippen MR) is 144 cm³/mol. The highest BCUT2D eigenvalue weighted by molar-refractivity contribution is 7.89. The average molecular weight is 581 g/mol. The van der Waals surface area contributed by atoms with E-state index in [0.717, 1.165) is 36.9 Å². The van der Waals surface area contributed by atoms with Gasteiger partial charge in [0.25, 0.3) is 0 Å². The summed E-state index contributed by atoms with van der Waals surface area (Å²) in [6, 6.07) is 7.92. The topological polar surface area (TPSA) is 147 Å². The molecular weight excluding hydrogens is 544 g/mol. The van der Waals surface area contributed by atoms with E-state index in [2.05, 4.69) is 15.0 Å². The minimum atomic E-state index is -3.59. The molecule has 5 rings (SSSR count). The summed E-state index contributed by atoms with van der Waals surface area (Å²) in [5.41, 5.74) is 1.68. The van der Waals surface area contributed by atoms with E-state index in [1.165, 1.54) is 25.4 Å². The molecule has 3 N–H and O–H groups in total. The molecule has 3 aliphatic rings. The number of hydrogen-bond donors (Lipinski definition) is 3.